The van der Waals surface area contributed by atoms with Gasteiger partial charge in [-0.3, -0.25) is 4.79 Å². The zero-order valence-corrected chi connectivity index (χ0v) is 9.42. The molecule has 0 saturated carbocycles. The Balaban J connectivity index is 3.67. The van der Waals surface area contributed by atoms with E-state index in [1.165, 1.54) is 0 Å². The number of hydrogen-bond acceptors (Lipinski definition) is 4. The van der Waals surface area contributed by atoms with Gasteiger partial charge in [-0.25, -0.2) is 4.79 Å². The monoisotopic (exact) mass is 217 g/mol. The van der Waals surface area contributed by atoms with Crippen molar-refractivity contribution in [2.24, 2.45) is 5.73 Å². The number of nitrogens with one attached hydrogen (secondary N) is 2. The minimum absolute atomic E-state index is 0.102. The van der Waals surface area contributed by atoms with Crippen molar-refractivity contribution in [2.75, 3.05) is 19.6 Å². The lowest BCUT2D eigenvalue weighted by molar-refractivity contribution is -0.120. The van der Waals surface area contributed by atoms with Gasteiger partial charge in [0.05, 0.1) is 6.54 Å². The van der Waals surface area contributed by atoms with E-state index in [4.69, 9.17) is 10.5 Å². The van der Waals surface area contributed by atoms with Crippen LogP contribution in [-0.4, -0.2) is 37.2 Å². The Morgan fingerprint density at radius 2 is 1.87 bits per heavy atom. The highest BCUT2D eigenvalue weighted by Gasteiger charge is 2.16. The fourth-order valence-corrected chi connectivity index (χ4v) is 0.741. The summed E-state index contributed by atoms with van der Waals surface area (Å²) in [6.45, 7) is 5.92. The molecule has 0 unspecified atom stereocenters. The molecule has 0 atom stereocenters. The molecule has 0 aliphatic rings. The van der Waals surface area contributed by atoms with E-state index in [1.54, 1.807) is 20.8 Å². The number of nitrogens with two attached hydrogens (primary N) is 1. The van der Waals surface area contributed by atoms with Crippen molar-refractivity contribution in [3.8, 4) is 0 Å². The van der Waals surface area contributed by atoms with E-state index in [9.17, 15) is 9.59 Å². The molecule has 88 valence electrons. The number of hydrogen-bond donors (Lipinski definition) is 3. The first-order valence-electron chi connectivity index (χ1n) is 4.79. The summed E-state index contributed by atoms with van der Waals surface area (Å²) in [6.07, 6.45) is -0.606. The van der Waals surface area contributed by atoms with Gasteiger partial charge in [-0.15, -0.1) is 0 Å². The maximum absolute atomic E-state index is 11.1. The molecule has 0 aliphatic carbocycles. The molecule has 0 saturated heterocycles. The molecule has 0 aliphatic heterocycles. The maximum atomic E-state index is 11.1. The van der Waals surface area contributed by atoms with Gasteiger partial charge in [0.15, 0.2) is 0 Å². The van der Waals surface area contributed by atoms with Gasteiger partial charge in [0.25, 0.3) is 0 Å². The SMILES string of the molecule is CC(C)(C)OC(=O)NCC(=O)NCCN. The van der Waals surface area contributed by atoms with E-state index in [-0.39, 0.29) is 12.5 Å². The highest BCUT2D eigenvalue weighted by Crippen LogP contribution is 2.05. The van der Waals surface area contributed by atoms with Crippen LogP contribution in [-0.2, 0) is 9.53 Å². The van der Waals surface area contributed by atoms with Crippen LogP contribution >= 0.6 is 0 Å². The van der Waals surface area contributed by atoms with Crippen molar-refractivity contribution in [1.82, 2.24) is 10.6 Å². The van der Waals surface area contributed by atoms with Crippen molar-refractivity contribution in [2.45, 2.75) is 26.4 Å². The van der Waals surface area contributed by atoms with Crippen LogP contribution in [0.15, 0.2) is 0 Å². The molecule has 0 radical (unpaired) electrons. The highest BCUT2D eigenvalue weighted by atomic mass is 16.6. The number of rotatable bonds is 4. The van der Waals surface area contributed by atoms with Crippen LogP contribution < -0.4 is 16.4 Å². The quantitative estimate of drug-likeness (QED) is 0.596. The van der Waals surface area contributed by atoms with E-state index in [2.05, 4.69) is 10.6 Å². The second-order valence-corrected chi connectivity index (χ2v) is 3.99. The molecule has 15 heavy (non-hydrogen) atoms. The number of carbonyl (C=O) groups excluding carboxylic acids is 2. The average molecular weight is 217 g/mol. The van der Waals surface area contributed by atoms with Crippen LogP contribution in [0.1, 0.15) is 20.8 Å². The minimum atomic E-state index is -0.606. The van der Waals surface area contributed by atoms with Crippen LogP contribution in [0.4, 0.5) is 4.79 Å². The van der Waals surface area contributed by atoms with E-state index in [0.717, 1.165) is 0 Å². The fourth-order valence-electron chi connectivity index (χ4n) is 0.741. The molecular weight excluding hydrogens is 198 g/mol. The Bertz CT molecular complexity index is 223. The van der Waals surface area contributed by atoms with Crippen LogP contribution in [0.25, 0.3) is 0 Å². The van der Waals surface area contributed by atoms with Gasteiger partial charge in [0.1, 0.15) is 5.60 Å². The van der Waals surface area contributed by atoms with Crippen LogP contribution in [0.2, 0.25) is 0 Å². The molecule has 4 N–H and O–H groups in total. The van der Waals surface area contributed by atoms with Crippen LogP contribution in [0.5, 0.6) is 0 Å². The van der Waals surface area contributed by atoms with Gasteiger partial charge in [0, 0.05) is 13.1 Å². The van der Waals surface area contributed by atoms with Gasteiger partial charge in [-0.2, -0.15) is 0 Å². The molecule has 0 aromatic heterocycles. The molecule has 0 spiro atoms. The molecule has 0 heterocycles. The van der Waals surface area contributed by atoms with Gasteiger partial charge in [-0.1, -0.05) is 0 Å². The minimum Gasteiger partial charge on any atom is -0.444 e. The zero-order chi connectivity index (χ0) is 11.9. The number of carbonyl (C=O) groups is 2. The molecule has 0 bridgehead atoms. The first kappa shape index (κ1) is 13.7. The number of amides is 2. The first-order valence-corrected chi connectivity index (χ1v) is 4.79. The molecule has 0 aromatic rings. The Hall–Kier alpha value is -1.30. The van der Waals surface area contributed by atoms with E-state index in [1.807, 2.05) is 0 Å². The summed E-state index contributed by atoms with van der Waals surface area (Å²) in [5.41, 5.74) is 4.63. The van der Waals surface area contributed by atoms with E-state index in [0.29, 0.717) is 13.1 Å². The van der Waals surface area contributed by atoms with E-state index >= 15 is 0 Å². The largest absolute Gasteiger partial charge is 0.444 e. The zero-order valence-electron chi connectivity index (χ0n) is 9.42. The van der Waals surface area contributed by atoms with Crippen LogP contribution in [0.3, 0.4) is 0 Å². The van der Waals surface area contributed by atoms with Crippen molar-refractivity contribution >= 4 is 12.0 Å². The van der Waals surface area contributed by atoms with E-state index < -0.39 is 11.7 Å². The average Bonchev–Trinajstić information content (AvgIpc) is 2.08. The summed E-state index contributed by atoms with van der Waals surface area (Å²) < 4.78 is 4.94. The van der Waals surface area contributed by atoms with Crippen LogP contribution in [0, 0.1) is 0 Å². The van der Waals surface area contributed by atoms with Crippen molar-refractivity contribution in [1.29, 1.82) is 0 Å². The number of ether oxygens (including phenoxy) is 1. The van der Waals surface area contributed by atoms with Gasteiger partial charge >= 0.3 is 6.09 Å². The molecule has 0 aromatic carbocycles. The van der Waals surface area contributed by atoms with Gasteiger partial charge in [0.2, 0.25) is 5.91 Å². The predicted molar refractivity (Wildman–Crippen MR) is 56.3 cm³/mol. The summed E-state index contributed by atoms with van der Waals surface area (Å²) in [6, 6.07) is 0. The van der Waals surface area contributed by atoms with Gasteiger partial charge < -0.3 is 21.1 Å². The Kier molecular flexibility index (Phi) is 5.69. The van der Waals surface area contributed by atoms with Crippen molar-refractivity contribution in [3.63, 3.8) is 0 Å². The molecular formula is C9H19N3O3. The highest BCUT2D eigenvalue weighted by molar-refractivity contribution is 5.82. The van der Waals surface area contributed by atoms with Gasteiger partial charge in [-0.05, 0) is 20.8 Å². The smallest absolute Gasteiger partial charge is 0.408 e. The summed E-state index contributed by atoms with van der Waals surface area (Å²) in [4.78, 5) is 22.1. The maximum Gasteiger partial charge on any atom is 0.408 e. The Morgan fingerprint density at radius 1 is 1.27 bits per heavy atom. The Labute approximate surface area is 89.5 Å². The standard InChI is InChI=1S/C9H19N3O3/c1-9(2,3)15-8(14)12-6-7(13)11-5-4-10/h4-6,10H2,1-3H3,(H,11,13)(H,12,14). The third-order valence-electron chi connectivity index (χ3n) is 1.26. The third kappa shape index (κ3) is 9.01. The molecule has 2 amide bonds. The van der Waals surface area contributed by atoms with Crippen molar-refractivity contribution < 1.29 is 14.3 Å². The normalized spacial score (nSPS) is 10.7. The molecule has 6 nitrogen and oxygen atoms in total. The molecule has 0 rings (SSSR count). The second kappa shape index (κ2) is 6.23. The fraction of sp³-hybridized carbons (Fsp3) is 0.778. The second-order valence-electron chi connectivity index (χ2n) is 3.99. The first-order chi connectivity index (χ1) is 6.85. The lowest BCUT2D eigenvalue weighted by Gasteiger charge is -2.19. The molecule has 6 heteroatoms. The molecule has 0 fully saturated rings. The summed E-state index contributed by atoms with van der Waals surface area (Å²) in [5.74, 6) is -0.286. The third-order valence-corrected chi connectivity index (χ3v) is 1.26. The number of alkyl carbamates (subject to hydrolysis) is 1. The summed E-state index contributed by atoms with van der Waals surface area (Å²) >= 11 is 0. The lowest BCUT2D eigenvalue weighted by atomic mass is 10.2. The summed E-state index contributed by atoms with van der Waals surface area (Å²) in [7, 11) is 0. The Morgan fingerprint density at radius 3 is 2.33 bits per heavy atom. The van der Waals surface area contributed by atoms with Crippen molar-refractivity contribution in [3.05, 3.63) is 0 Å². The lowest BCUT2D eigenvalue weighted by Crippen LogP contribution is -2.40. The predicted octanol–water partition coefficient (Wildman–Crippen LogP) is -0.414. The topological polar surface area (TPSA) is 93.4 Å². The summed E-state index contributed by atoms with van der Waals surface area (Å²) in [5, 5.41) is 4.85.